The number of nitrogens with zero attached hydrogens (tertiary/aromatic N) is 2. The maximum Gasteiger partial charge on any atom is 0.261 e. The highest BCUT2D eigenvalue weighted by atomic mass is 35.5. The Kier molecular flexibility index (Phi) is 6.76. The van der Waals surface area contributed by atoms with Crippen molar-refractivity contribution in [1.82, 2.24) is 4.90 Å². The Hall–Kier alpha value is -3.23. The number of sulfonamides is 1. The molecule has 0 spiro atoms. The van der Waals surface area contributed by atoms with Crippen molar-refractivity contribution in [3.8, 4) is 5.75 Å². The molecule has 33 heavy (non-hydrogen) atoms. The molecule has 9 heteroatoms. The fourth-order valence-electron chi connectivity index (χ4n) is 3.77. The van der Waals surface area contributed by atoms with Crippen molar-refractivity contribution in [2.24, 2.45) is 0 Å². The van der Waals surface area contributed by atoms with Crippen LogP contribution in [0.3, 0.4) is 0 Å². The summed E-state index contributed by atoms with van der Waals surface area (Å²) in [4.78, 5) is 17.0. The summed E-state index contributed by atoms with van der Waals surface area (Å²) in [6, 6.07) is 20.4. The number of carbonyl (C=O) groups is 1. The Balaban J connectivity index is 1.47. The summed E-state index contributed by atoms with van der Waals surface area (Å²) in [5, 5.41) is 0.293. The molecular formula is C24H24ClN3O4S. The second-order valence-electron chi connectivity index (χ2n) is 7.56. The maximum atomic E-state index is 13.1. The molecule has 1 fully saturated rings. The summed E-state index contributed by atoms with van der Waals surface area (Å²) in [6.45, 7) is 2.34. The molecule has 0 atom stereocenters. The van der Waals surface area contributed by atoms with E-state index in [0.717, 1.165) is 11.4 Å². The molecule has 0 aliphatic carbocycles. The van der Waals surface area contributed by atoms with Crippen LogP contribution in [0.25, 0.3) is 0 Å². The van der Waals surface area contributed by atoms with Crippen LogP contribution in [0.2, 0.25) is 5.02 Å². The van der Waals surface area contributed by atoms with Crippen LogP contribution in [-0.4, -0.2) is 52.5 Å². The van der Waals surface area contributed by atoms with Gasteiger partial charge in [0.1, 0.15) is 5.75 Å². The van der Waals surface area contributed by atoms with E-state index in [4.69, 9.17) is 16.3 Å². The van der Waals surface area contributed by atoms with E-state index in [9.17, 15) is 13.2 Å². The molecule has 3 aromatic rings. The van der Waals surface area contributed by atoms with Gasteiger partial charge in [0.05, 0.1) is 28.4 Å². The predicted octanol–water partition coefficient (Wildman–Crippen LogP) is 4.11. The van der Waals surface area contributed by atoms with Crippen LogP contribution in [-0.2, 0) is 10.0 Å². The number of nitrogens with one attached hydrogen (secondary N) is 1. The van der Waals surface area contributed by atoms with Crippen molar-refractivity contribution >= 4 is 38.9 Å². The molecule has 0 aromatic heterocycles. The Bertz CT molecular complexity index is 1260. The number of anilines is 2. The van der Waals surface area contributed by atoms with Gasteiger partial charge in [0.2, 0.25) is 0 Å². The lowest BCUT2D eigenvalue weighted by Gasteiger charge is -2.36. The summed E-state index contributed by atoms with van der Waals surface area (Å²) >= 11 is 6.08. The highest BCUT2D eigenvalue weighted by Crippen LogP contribution is 2.29. The number of hydrogen-bond acceptors (Lipinski definition) is 5. The number of benzene rings is 3. The second kappa shape index (κ2) is 9.72. The molecule has 4 rings (SSSR count). The average Bonchev–Trinajstić information content (AvgIpc) is 2.85. The minimum atomic E-state index is -3.90. The van der Waals surface area contributed by atoms with E-state index in [-0.39, 0.29) is 16.5 Å². The van der Waals surface area contributed by atoms with Crippen LogP contribution in [0.1, 0.15) is 10.4 Å². The topological polar surface area (TPSA) is 79.0 Å². The van der Waals surface area contributed by atoms with Gasteiger partial charge >= 0.3 is 0 Å². The molecule has 1 N–H and O–H groups in total. The third kappa shape index (κ3) is 5.07. The third-order valence-electron chi connectivity index (χ3n) is 5.50. The number of rotatable bonds is 6. The van der Waals surface area contributed by atoms with Gasteiger partial charge in [-0.1, -0.05) is 41.9 Å². The molecule has 3 aromatic carbocycles. The van der Waals surface area contributed by atoms with Crippen LogP contribution < -0.4 is 14.4 Å². The predicted molar refractivity (Wildman–Crippen MR) is 130 cm³/mol. The monoisotopic (exact) mass is 485 g/mol. The standard InChI is InChI=1S/C24H24ClN3O4S/c1-32-23-12-5-4-11-22(23)27-13-15-28(16-14-27)24(29)18-7-6-8-19(17-18)33(30,31)26-21-10-3-2-9-20(21)25/h2-12,17,26H,13-16H2,1H3. The molecule has 0 saturated carbocycles. The zero-order valence-electron chi connectivity index (χ0n) is 18.1. The summed E-state index contributed by atoms with van der Waals surface area (Å²) < 4.78 is 33.6. The van der Waals surface area contributed by atoms with Gasteiger partial charge in [-0.3, -0.25) is 9.52 Å². The molecule has 1 aliphatic heterocycles. The van der Waals surface area contributed by atoms with Crippen molar-refractivity contribution in [2.45, 2.75) is 4.90 Å². The van der Waals surface area contributed by atoms with E-state index in [2.05, 4.69) is 9.62 Å². The number of methoxy groups -OCH3 is 1. The number of piperazine rings is 1. The van der Waals surface area contributed by atoms with E-state index in [0.29, 0.717) is 36.8 Å². The van der Waals surface area contributed by atoms with E-state index < -0.39 is 10.0 Å². The molecule has 0 unspecified atom stereocenters. The van der Waals surface area contributed by atoms with Crippen molar-refractivity contribution in [1.29, 1.82) is 0 Å². The Morgan fingerprint density at radius 1 is 0.939 bits per heavy atom. The van der Waals surface area contributed by atoms with Crippen LogP contribution in [0.4, 0.5) is 11.4 Å². The lowest BCUT2D eigenvalue weighted by molar-refractivity contribution is 0.0746. The number of carbonyl (C=O) groups excluding carboxylic acids is 1. The molecule has 1 aliphatic rings. The second-order valence-corrected chi connectivity index (χ2v) is 9.65. The van der Waals surface area contributed by atoms with Crippen LogP contribution in [0.5, 0.6) is 5.75 Å². The first-order chi connectivity index (χ1) is 15.9. The smallest absolute Gasteiger partial charge is 0.261 e. The third-order valence-corrected chi connectivity index (χ3v) is 7.19. The Morgan fingerprint density at radius 2 is 1.64 bits per heavy atom. The average molecular weight is 486 g/mol. The number of hydrogen-bond donors (Lipinski definition) is 1. The number of amides is 1. The van der Waals surface area contributed by atoms with Crippen molar-refractivity contribution in [3.63, 3.8) is 0 Å². The summed E-state index contributed by atoms with van der Waals surface area (Å²) in [5.41, 5.74) is 1.59. The summed E-state index contributed by atoms with van der Waals surface area (Å²) in [6.07, 6.45) is 0. The van der Waals surface area contributed by atoms with E-state index in [1.54, 1.807) is 48.4 Å². The van der Waals surface area contributed by atoms with Gasteiger partial charge < -0.3 is 14.5 Å². The highest BCUT2D eigenvalue weighted by Gasteiger charge is 2.25. The van der Waals surface area contributed by atoms with Gasteiger partial charge in [0.15, 0.2) is 0 Å². The highest BCUT2D eigenvalue weighted by molar-refractivity contribution is 7.92. The fraction of sp³-hybridized carbons (Fsp3) is 0.208. The molecule has 7 nitrogen and oxygen atoms in total. The lowest BCUT2D eigenvalue weighted by Crippen LogP contribution is -2.48. The van der Waals surface area contributed by atoms with Gasteiger partial charge in [0.25, 0.3) is 15.9 Å². The fourth-order valence-corrected chi connectivity index (χ4v) is 5.13. The number of halogens is 1. The minimum Gasteiger partial charge on any atom is -0.495 e. The first kappa shape index (κ1) is 22.9. The minimum absolute atomic E-state index is 0.000859. The lowest BCUT2D eigenvalue weighted by atomic mass is 10.1. The van der Waals surface area contributed by atoms with Gasteiger partial charge in [0, 0.05) is 31.7 Å². The number of ether oxygens (including phenoxy) is 1. The van der Waals surface area contributed by atoms with Gasteiger partial charge in [-0.2, -0.15) is 0 Å². The quantitative estimate of drug-likeness (QED) is 0.568. The first-order valence-electron chi connectivity index (χ1n) is 10.4. The Labute approximate surface area is 198 Å². The van der Waals surface area contributed by atoms with Crippen molar-refractivity contribution in [3.05, 3.63) is 83.4 Å². The molecule has 1 saturated heterocycles. The van der Waals surface area contributed by atoms with Crippen LogP contribution >= 0.6 is 11.6 Å². The molecular weight excluding hydrogens is 462 g/mol. The van der Waals surface area contributed by atoms with Crippen molar-refractivity contribution in [2.75, 3.05) is 42.9 Å². The Morgan fingerprint density at radius 3 is 2.36 bits per heavy atom. The summed E-state index contributed by atoms with van der Waals surface area (Å²) in [5.74, 6) is 0.589. The normalized spacial score (nSPS) is 14.1. The van der Waals surface area contributed by atoms with E-state index in [1.807, 2.05) is 24.3 Å². The molecule has 172 valence electrons. The van der Waals surface area contributed by atoms with Crippen LogP contribution in [0, 0.1) is 0 Å². The van der Waals surface area contributed by atoms with Gasteiger partial charge in [-0.15, -0.1) is 0 Å². The first-order valence-corrected chi connectivity index (χ1v) is 12.3. The summed E-state index contributed by atoms with van der Waals surface area (Å²) in [7, 11) is -2.26. The van der Waals surface area contributed by atoms with E-state index in [1.165, 1.54) is 12.1 Å². The number of para-hydroxylation sites is 3. The zero-order valence-corrected chi connectivity index (χ0v) is 19.6. The van der Waals surface area contributed by atoms with Crippen LogP contribution in [0.15, 0.2) is 77.7 Å². The van der Waals surface area contributed by atoms with Gasteiger partial charge in [-0.05, 0) is 42.5 Å². The zero-order chi connectivity index (χ0) is 23.4. The molecule has 0 bridgehead atoms. The van der Waals surface area contributed by atoms with Gasteiger partial charge in [-0.25, -0.2) is 8.42 Å². The largest absolute Gasteiger partial charge is 0.495 e. The molecule has 0 radical (unpaired) electrons. The van der Waals surface area contributed by atoms with E-state index >= 15 is 0 Å². The maximum absolute atomic E-state index is 13.1. The molecule has 1 heterocycles. The van der Waals surface area contributed by atoms with Crippen molar-refractivity contribution < 1.29 is 17.9 Å². The molecule has 1 amide bonds. The SMILES string of the molecule is COc1ccccc1N1CCN(C(=O)c2cccc(S(=O)(=O)Nc3ccccc3Cl)c2)CC1.